The van der Waals surface area contributed by atoms with Crippen LogP contribution in [0.5, 0.6) is 5.75 Å². The van der Waals surface area contributed by atoms with Crippen LogP contribution in [-0.2, 0) is 11.2 Å². The Hall–Kier alpha value is -3.80. The molecule has 3 rings (SSSR count). The van der Waals surface area contributed by atoms with E-state index < -0.39 is 5.91 Å². The SMILES string of the molecule is COc1ccc(C(=O)N/C(=C\c2ccco2)C(=O)NCCCc2ccccc2)cc1. The second kappa shape index (κ2) is 10.7. The fraction of sp³-hybridized carbons (Fsp3) is 0.167. The molecule has 0 saturated heterocycles. The van der Waals surface area contributed by atoms with Crippen LogP contribution in [0, 0.1) is 0 Å². The van der Waals surface area contributed by atoms with Gasteiger partial charge in [-0.2, -0.15) is 0 Å². The van der Waals surface area contributed by atoms with Gasteiger partial charge in [0.2, 0.25) is 0 Å². The van der Waals surface area contributed by atoms with Gasteiger partial charge in [-0.1, -0.05) is 30.3 Å². The summed E-state index contributed by atoms with van der Waals surface area (Å²) in [5.74, 6) is 0.352. The number of furan rings is 1. The normalized spacial score (nSPS) is 11.0. The van der Waals surface area contributed by atoms with E-state index >= 15 is 0 Å². The van der Waals surface area contributed by atoms with Crippen LogP contribution in [-0.4, -0.2) is 25.5 Å². The van der Waals surface area contributed by atoms with Crippen molar-refractivity contribution in [1.82, 2.24) is 10.6 Å². The summed E-state index contributed by atoms with van der Waals surface area (Å²) in [6.07, 6.45) is 4.66. The summed E-state index contributed by atoms with van der Waals surface area (Å²) in [5, 5.41) is 5.53. The number of amides is 2. The third-order valence-corrected chi connectivity index (χ3v) is 4.45. The average molecular weight is 404 g/mol. The largest absolute Gasteiger partial charge is 0.497 e. The van der Waals surface area contributed by atoms with Crippen molar-refractivity contribution in [2.75, 3.05) is 13.7 Å². The Morgan fingerprint density at radius 3 is 2.43 bits per heavy atom. The average Bonchev–Trinajstić information content (AvgIpc) is 3.30. The first kappa shape index (κ1) is 20.9. The maximum absolute atomic E-state index is 12.7. The van der Waals surface area contributed by atoms with E-state index in [1.807, 2.05) is 18.2 Å². The number of hydrogen-bond donors (Lipinski definition) is 2. The van der Waals surface area contributed by atoms with E-state index in [0.29, 0.717) is 23.6 Å². The van der Waals surface area contributed by atoms with Crippen LogP contribution in [0.25, 0.3) is 6.08 Å². The Morgan fingerprint density at radius 2 is 1.77 bits per heavy atom. The predicted octanol–water partition coefficient (Wildman–Crippen LogP) is 3.81. The molecule has 30 heavy (non-hydrogen) atoms. The fourth-order valence-electron chi connectivity index (χ4n) is 2.85. The van der Waals surface area contributed by atoms with Gasteiger partial charge in [0.1, 0.15) is 17.2 Å². The lowest BCUT2D eigenvalue weighted by Gasteiger charge is -2.11. The van der Waals surface area contributed by atoms with Gasteiger partial charge in [-0.3, -0.25) is 9.59 Å². The third-order valence-electron chi connectivity index (χ3n) is 4.45. The number of rotatable bonds is 9. The molecule has 3 aromatic rings. The number of benzene rings is 2. The van der Waals surface area contributed by atoms with Crippen molar-refractivity contribution in [2.45, 2.75) is 12.8 Å². The smallest absolute Gasteiger partial charge is 0.267 e. The molecule has 1 aromatic heterocycles. The Balaban J connectivity index is 1.62. The van der Waals surface area contributed by atoms with Crippen LogP contribution in [0.3, 0.4) is 0 Å². The zero-order valence-electron chi connectivity index (χ0n) is 16.8. The summed E-state index contributed by atoms with van der Waals surface area (Å²) in [5.41, 5.74) is 1.74. The van der Waals surface area contributed by atoms with E-state index in [4.69, 9.17) is 9.15 Å². The Morgan fingerprint density at radius 1 is 1.00 bits per heavy atom. The molecule has 6 heteroatoms. The number of aryl methyl sites for hydroxylation is 1. The monoisotopic (exact) mass is 404 g/mol. The Bertz CT molecular complexity index is 978. The van der Waals surface area contributed by atoms with Crippen LogP contribution < -0.4 is 15.4 Å². The van der Waals surface area contributed by atoms with Crippen molar-refractivity contribution in [3.8, 4) is 5.75 Å². The van der Waals surface area contributed by atoms with E-state index in [1.54, 1.807) is 43.5 Å². The lowest BCUT2D eigenvalue weighted by molar-refractivity contribution is -0.117. The van der Waals surface area contributed by atoms with Gasteiger partial charge in [0, 0.05) is 18.2 Å². The number of nitrogens with one attached hydrogen (secondary N) is 2. The van der Waals surface area contributed by atoms with Crippen LogP contribution in [0.4, 0.5) is 0 Å². The van der Waals surface area contributed by atoms with Crippen molar-refractivity contribution >= 4 is 17.9 Å². The van der Waals surface area contributed by atoms with E-state index in [1.165, 1.54) is 17.9 Å². The number of hydrogen-bond acceptors (Lipinski definition) is 4. The highest BCUT2D eigenvalue weighted by molar-refractivity contribution is 6.05. The molecular formula is C24H24N2O4. The van der Waals surface area contributed by atoms with Gasteiger partial charge >= 0.3 is 0 Å². The minimum atomic E-state index is -0.394. The van der Waals surface area contributed by atoms with Gasteiger partial charge in [-0.15, -0.1) is 0 Å². The molecular weight excluding hydrogens is 380 g/mol. The predicted molar refractivity (Wildman–Crippen MR) is 115 cm³/mol. The van der Waals surface area contributed by atoms with Gasteiger partial charge in [0.05, 0.1) is 13.4 Å². The molecule has 0 bridgehead atoms. The summed E-state index contributed by atoms with van der Waals surface area (Å²) in [7, 11) is 1.56. The lowest BCUT2D eigenvalue weighted by atomic mass is 10.1. The lowest BCUT2D eigenvalue weighted by Crippen LogP contribution is -2.35. The first-order chi connectivity index (χ1) is 14.7. The maximum Gasteiger partial charge on any atom is 0.267 e. The summed E-state index contributed by atoms with van der Waals surface area (Å²) >= 11 is 0. The standard InChI is InChI=1S/C24H24N2O4/c1-29-20-13-11-19(12-14-20)23(27)26-22(17-21-10-6-16-30-21)24(28)25-15-5-9-18-7-3-2-4-8-18/h2-4,6-8,10-14,16-17H,5,9,15H2,1H3,(H,25,28)(H,26,27)/b22-17-. The molecule has 0 aliphatic heterocycles. The fourth-order valence-corrected chi connectivity index (χ4v) is 2.85. The molecule has 2 amide bonds. The molecule has 0 aliphatic rings. The van der Waals surface area contributed by atoms with E-state index in [2.05, 4.69) is 22.8 Å². The first-order valence-electron chi connectivity index (χ1n) is 9.68. The molecule has 2 aromatic carbocycles. The van der Waals surface area contributed by atoms with Crippen molar-refractivity contribution in [3.63, 3.8) is 0 Å². The molecule has 0 aliphatic carbocycles. The molecule has 2 N–H and O–H groups in total. The minimum Gasteiger partial charge on any atom is -0.497 e. The zero-order chi connectivity index (χ0) is 21.2. The summed E-state index contributed by atoms with van der Waals surface area (Å²) < 4.78 is 10.4. The topological polar surface area (TPSA) is 80.6 Å². The number of carbonyl (C=O) groups excluding carboxylic acids is 2. The second-order valence-corrected chi connectivity index (χ2v) is 6.60. The molecule has 6 nitrogen and oxygen atoms in total. The minimum absolute atomic E-state index is 0.116. The molecule has 0 saturated carbocycles. The highest BCUT2D eigenvalue weighted by Crippen LogP contribution is 2.12. The van der Waals surface area contributed by atoms with Gasteiger partial charge in [-0.05, 0) is 54.8 Å². The third kappa shape index (κ3) is 6.10. The van der Waals surface area contributed by atoms with E-state index in [-0.39, 0.29) is 11.6 Å². The second-order valence-electron chi connectivity index (χ2n) is 6.60. The van der Waals surface area contributed by atoms with Crippen molar-refractivity contribution in [2.24, 2.45) is 0 Å². The number of carbonyl (C=O) groups is 2. The molecule has 154 valence electrons. The van der Waals surface area contributed by atoms with Crippen molar-refractivity contribution < 1.29 is 18.7 Å². The summed E-state index contributed by atoms with van der Waals surface area (Å²) in [6.45, 7) is 0.488. The molecule has 0 unspecified atom stereocenters. The summed E-state index contributed by atoms with van der Waals surface area (Å²) in [4.78, 5) is 25.3. The van der Waals surface area contributed by atoms with Gasteiger partial charge < -0.3 is 19.8 Å². The highest BCUT2D eigenvalue weighted by Gasteiger charge is 2.15. The van der Waals surface area contributed by atoms with Gasteiger partial charge in [0.15, 0.2) is 0 Å². The van der Waals surface area contributed by atoms with Gasteiger partial charge in [0.25, 0.3) is 11.8 Å². The van der Waals surface area contributed by atoms with Crippen molar-refractivity contribution in [3.05, 3.63) is 95.6 Å². The highest BCUT2D eigenvalue weighted by atomic mass is 16.5. The van der Waals surface area contributed by atoms with Crippen LogP contribution in [0.1, 0.15) is 28.1 Å². The Labute approximate surface area is 175 Å². The molecule has 0 radical (unpaired) electrons. The molecule has 0 spiro atoms. The number of methoxy groups -OCH3 is 1. The molecule has 0 atom stereocenters. The summed E-state index contributed by atoms with van der Waals surface area (Å²) in [6, 6.07) is 20.1. The molecule has 0 fully saturated rings. The van der Waals surface area contributed by atoms with Crippen molar-refractivity contribution in [1.29, 1.82) is 0 Å². The van der Waals surface area contributed by atoms with Crippen LogP contribution in [0.15, 0.2) is 83.1 Å². The van der Waals surface area contributed by atoms with Gasteiger partial charge in [-0.25, -0.2) is 0 Å². The van der Waals surface area contributed by atoms with Crippen LogP contribution >= 0.6 is 0 Å². The quantitative estimate of drug-likeness (QED) is 0.420. The first-order valence-corrected chi connectivity index (χ1v) is 9.68. The van der Waals surface area contributed by atoms with Crippen LogP contribution in [0.2, 0.25) is 0 Å². The van der Waals surface area contributed by atoms with E-state index in [0.717, 1.165) is 12.8 Å². The zero-order valence-corrected chi connectivity index (χ0v) is 16.8. The Kier molecular flexibility index (Phi) is 7.44. The van der Waals surface area contributed by atoms with E-state index in [9.17, 15) is 9.59 Å². The number of ether oxygens (including phenoxy) is 1. The molecule has 1 heterocycles. The maximum atomic E-state index is 12.7.